The number of anilines is 2. The van der Waals surface area contributed by atoms with Gasteiger partial charge in [-0.05, 0) is 62.2 Å². The van der Waals surface area contributed by atoms with E-state index in [2.05, 4.69) is 29.0 Å². The van der Waals surface area contributed by atoms with Gasteiger partial charge in [0.2, 0.25) is 5.91 Å². The molecule has 0 radical (unpaired) electrons. The first-order valence-corrected chi connectivity index (χ1v) is 9.10. The molecule has 0 spiro atoms. The third-order valence-corrected chi connectivity index (χ3v) is 4.48. The second kappa shape index (κ2) is 8.04. The molecule has 0 fully saturated rings. The van der Waals surface area contributed by atoms with Gasteiger partial charge in [-0.15, -0.1) is 0 Å². The number of aromatic nitrogens is 1. The number of hydrogen-bond acceptors (Lipinski definition) is 4. The molecule has 3 rings (SSSR count). The number of hydrogen-bond donors (Lipinski definition) is 1. The van der Waals surface area contributed by atoms with Crippen molar-refractivity contribution in [3.8, 4) is 0 Å². The molecular formula is C21H25N3O2. The number of oxazole rings is 1. The summed E-state index contributed by atoms with van der Waals surface area (Å²) in [6.45, 7) is 8.04. The first-order valence-electron chi connectivity index (χ1n) is 9.10. The van der Waals surface area contributed by atoms with Crippen LogP contribution in [0.1, 0.15) is 31.7 Å². The molecule has 0 aliphatic carbocycles. The lowest BCUT2D eigenvalue weighted by Gasteiger charge is -2.21. The van der Waals surface area contributed by atoms with Crippen molar-refractivity contribution in [3.05, 3.63) is 53.9 Å². The van der Waals surface area contributed by atoms with Gasteiger partial charge < -0.3 is 14.6 Å². The number of carbonyl (C=O) groups is 1. The summed E-state index contributed by atoms with van der Waals surface area (Å²) < 4.78 is 5.48. The van der Waals surface area contributed by atoms with E-state index in [-0.39, 0.29) is 5.91 Å². The third kappa shape index (κ3) is 4.23. The molecule has 0 saturated heterocycles. The molecule has 0 aliphatic rings. The highest BCUT2D eigenvalue weighted by molar-refractivity contribution is 5.91. The van der Waals surface area contributed by atoms with Crippen molar-refractivity contribution in [2.24, 2.45) is 0 Å². The summed E-state index contributed by atoms with van der Waals surface area (Å²) in [6.07, 6.45) is 1.10. The fourth-order valence-electron chi connectivity index (χ4n) is 3.07. The topological polar surface area (TPSA) is 58.4 Å². The zero-order valence-corrected chi connectivity index (χ0v) is 15.6. The first-order chi connectivity index (χ1) is 12.6. The lowest BCUT2D eigenvalue weighted by Crippen LogP contribution is -2.21. The van der Waals surface area contributed by atoms with Crippen molar-refractivity contribution in [3.63, 3.8) is 0 Å². The average molecular weight is 351 g/mol. The Morgan fingerprint density at radius 1 is 1.12 bits per heavy atom. The number of aryl methyl sites for hydroxylation is 2. The number of nitrogens with zero attached hydrogens (tertiary/aromatic N) is 2. The van der Waals surface area contributed by atoms with Crippen molar-refractivity contribution >= 4 is 28.4 Å². The lowest BCUT2D eigenvalue weighted by atomic mass is 10.1. The van der Waals surface area contributed by atoms with Crippen LogP contribution < -0.4 is 10.2 Å². The minimum Gasteiger partial charge on any atom is -0.441 e. The SMILES string of the molecule is CCN(CC)c1ccc(NC(=O)CCc2ccc3oc(C)nc3c2)cc1. The highest BCUT2D eigenvalue weighted by Crippen LogP contribution is 2.19. The number of nitrogens with one attached hydrogen (secondary N) is 1. The van der Waals surface area contributed by atoms with Crippen LogP contribution >= 0.6 is 0 Å². The standard InChI is InChI=1S/C21H25N3O2/c1-4-24(5-2)18-10-8-17(9-11-18)23-21(25)13-7-16-6-12-20-19(14-16)22-15(3)26-20/h6,8-12,14H,4-5,7,13H2,1-3H3,(H,23,25). The number of benzene rings is 2. The van der Waals surface area contributed by atoms with Gasteiger partial charge in [-0.1, -0.05) is 6.07 Å². The van der Waals surface area contributed by atoms with E-state index < -0.39 is 0 Å². The minimum absolute atomic E-state index is 0.0111. The predicted molar refractivity (Wildman–Crippen MR) is 106 cm³/mol. The molecule has 0 aliphatic heterocycles. The maximum absolute atomic E-state index is 12.2. The minimum atomic E-state index is 0.0111. The molecule has 3 aromatic rings. The summed E-state index contributed by atoms with van der Waals surface area (Å²) in [4.78, 5) is 18.8. The summed E-state index contributed by atoms with van der Waals surface area (Å²) >= 11 is 0. The van der Waals surface area contributed by atoms with Crippen molar-refractivity contribution in [1.29, 1.82) is 0 Å². The Hall–Kier alpha value is -2.82. The fraction of sp³-hybridized carbons (Fsp3) is 0.333. The molecule has 0 bridgehead atoms. The summed E-state index contributed by atoms with van der Waals surface area (Å²) in [5.74, 6) is 0.667. The number of fused-ring (bicyclic) bond motifs is 1. The monoisotopic (exact) mass is 351 g/mol. The van der Waals surface area contributed by atoms with Crippen LogP contribution in [0.3, 0.4) is 0 Å². The molecule has 0 unspecified atom stereocenters. The molecule has 136 valence electrons. The van der Waals surface area contributed by atoms with Gasteiger partial charge in [0.25, 0.3) is 0 Å². The maximum Gasteiger partial charge on any atom is 0.224 e. The van der Waals surface area contributed by atoms with E-state index in [4.69, 9.17) is 4.42 Å². The van der Waals surface area contributed by atoms with Gasteiger partial charge in [-0.3, -0.25) is 4.79 Å². The van der Waals surface area contributed by atoms with Gasteiger partial charge >= 0.3 is 0 Å². The molecule has 0 saturated carbocycles. The second-order valence-electron chi connectivity index (χ2n) is 6.30. The number of rotatable bonds is 7. The molecule has 1 aromatic heterocycles. The van der Waals surface area contributed by atoms with Crippen LogP contribution in [0, 0.1) is 6.92 Å². The van der Waals surface area contributed by atoms with E-state index in [9.17, 15) is 4.79 Å². The van der Waals surface area contributed by atoms with Crippen molar-refractivity contribution in [2.45, 2.75) is 33.6 Å². The molecule has 1 amide bonds. The van der Waals surface area contributed by atoms with Crippen LogP contribution in [-0.2, 0) is 11.2 Å². The van der Waals surface area contributed by atoms with E-state index in [1.165, 1.54) is 5.69 Å². The van der Waals surface area contributed by atoms with Crippen LogP contribution in [0.15, 0.2) is 46.9 Å². The van der Waals surface area contributed by atoms with Gasteiger partial charge in [0.1, 0.15) is 5.52 Å². The highest BCUT2D eigenvalue weighted by atomic mass is 16.3. The summed E-state index contributed by atoms with van der Waals surface area (Å²) in [5, 5.41) is 2.96. The highest BCUT2D eigenvalue weighted by Gasteiger charge is 2.07. The number of amides is 1. The zero-order chi connectivity index (χ0) is 18.5. The van der Waals surface area contributed by atoms with Crippen molar-refractivity contribution < 1.29 is 9.21 Å². The zero-order valence-electron chi connectivity index (χ0n) is 15.6. The largest absolute Gasteiger partial charge is 0.441 e. The second-order valence-corrected chi connectivity index (χ2v) is 6.30. The van der Waals surface area contributed by atoms with Crippen LogP contribution in [0.25, 0.3) is 11.1 Å². The van der Waals surface area contributed by atoms with Gasteiger partial charge in [-0.2, -0.15) is 0 Å². The summed E-state index contributed by atoms with van der Waals surface area (Å²) in [6, 6.07) is 13.9. The molecule has 26 heavy (non-hydrogen) atoms. The Kier molecular flexibility index (Phi) is 5.56. The Labute approximate surface area is 154 Å². The van der Waals surface area contributed by atoms with Gasteiger partial charge in [0.15, 0.2) is 11.5 Å². The van der Waals surface area contributed by atoms with Gasteiger partial charge in [-0.25, -0.2) is 4.98 Å². The van der Waals surface area contributed by atoms with E-state index in [1.807, 2.05) is 49.4 Å². The van der Waals surface area contributed by atoms with Gasteiger partial charge in [0.05, 0.1) is 0 Å². The van der Waals surface area contributed by atoms with Crippen molar-refractivity contribution in [2.75, 3.05) is 23.3 Å². The molecule has 0 atom stereocenters. The summed E-state index contributed by atoms with van der Waals surface area (Å²) in [7, 11) is 0. The Bertz CT molecular complexity index is 880. The molecular weight excluding hydrogens is 326 g/mol. The number of carbonyl (C=O) groups excluding carboxylic acids is 1. The average Bonchev–Trinajstić information content (AvgIpc) is 3.01. The Morgan fingerprint density at radius 2 is 1.85 bits per heavy atom. The van der Waals surface area contributed by atoms with Crippen LogP contribution in [0.4, 0.5) is 11.4 Å². The van der Waals surface area contributed by atoms with E-state index in [0.717, 1.165) is 35.4 Å². The normalized spacial score (nSPS) is 10.9. The van der Waals surface area contributed by atoms with E-state index >= 15 is 0 Å². The summed E-state index contributed by atoms with van der Waals surface area (Å²) in [5.41, 5.74) is 4.70. The van der Waals surface area contributed by atoms with Crippen molar-refractivity contribution in [1.82, 2.24) is 4.98 Å². The predicted octanol–water partition coefficient (Wildman–Crippen LogP) is 4.55. The van der Waals surface area contributed by atoms with Crippen LogP contribution in [-0.4, -0.2) is 24.0 Å². The first kappa shape index (κ1) is 18.0. The fourth-order valence-corrected chi connectivity index (χ4v) is 3.07. The van der Waals surface area contributed by atoms with Crippen LogP contribution in [0.2, 0.25) is 0 Å². The molecule has 2 aromatic carbocycles. The van der Waals surface area contributed by atoms with E-state index in [0.29, 0.717) is 18.7 Å². The molecule has 1 heterocycles. The quantitative estimate of drug-likeness (QED) is 0.678. The maximum atomic E-state index is 12.2. The Morgan fingerprint density at radius 3 is 2.54 bits per heavy atom. The molecule has 5 nitrogen and oxygen atoms in total. The molecule has 5 heteroatoms. The Balaban J connectivity index is 1.56. The lowest BCUT2D eigenvalue weighted by molar-refractivity contribution is -0.116. The van der Waals surface area contributed by atoms with E-state index in [1.54, 1.807) is 0 Å². The van der Waals surface area contributed by atoms with Gasteiger partial charge in [0, 0.05) is 37.8 Å². The molecule has 1 N–H and O–H groups in total. The third-order valence-electron chi connectivity index (χ3n) is 4.48. The smallest absolute Gasteiger partial charge is 0.224 e. The van der Waals surface area contributed by atoms with Crippen LogP contribution in [0.5, 0.6) is 0 Å².